The molecule has 0 amide bonds. The summed E-state index contributed by atoms with van der Waals surface area (Å²) < 4.78 is 42.7. The first-order valence-electron chi connectivity index (χ1n) is 4.50. The van der Waals surface area contributed by atoms with Gasteiger partial charge in [0, 0.05) is 11.6 Å². The van der Waals surface area contributed by atoms with Gasteiger partial charge >= 0.3 is 6.18 Å². The summed E-state index contributed by atoms with van der Waals surface area (Å²) in [7, 11) is 0. The van der Waals surface area contributed by atoms with Crippen LogP contribution in [0.3, 0.4) is 0 Å². The second kappa shape index (κ2) is 3.69. The van der Waals surface area contributed by atoms with Crippen LogP contribution in [0.2, 0.25) is 0 Å². The predicted octanol–water partition coefficient (Wildman–Crippen LogP) is 2.65. The second-order valence-electron chi connectivity index (χ2n) is 3.34. The Balaban J connectivity index is 2.61. The number of hydrogen-bond donors (Lipinski definition) is 2. The van der Waals surface area contributed by atoms with Gasteiger partial charge in [-0.3, -0.25) is 0 Å². The van der Waals surface area contributed by atoms with Crippen molar-refractivity contribution in [1.29, 1.82) is 0 Å². The Morgan fingerprint density at radius 3 is 2.47 bits per heavy atom. The highest BCUT2D eigenvalue weighted by atomic mass is 19.4. The van der Waals surface area contributed by atoms with Crippen LogP contribution in [-0.2, 0) is 6.18 Å². The Labute approximate surface area is 93.4 Å². The number of phenolic OH excluding ortho intramolecular Hbond substituents is 1. The summed E-state index contributed by atoms with van der Waals surface area (Å²) in [5.41, 5.74) is 4.02. The average molecular weight is 244 g/mol. The highest BCUT2D eigenvalue weighted by molar-refractivity contribution is 5.67. The second-order valence-corrected chi connectivity index (χ2v) is 3.34. The number of nitrogens with two attached hydrogens (primary N) is 1. The summed E-state index contributed by atoms with van der Waals surface area (Å²) in [6.07, 6.45) is -4.60. The third kappa shape index (κ3) is 2.17. The van der Waals surface area contributed by atoms with Crippen molar-refractivity contribution in [3.8, 4) is 17.0 Å². The normalized spacial score (nSPS) is 11.7. The molecule has 1 aromatic carbocycles. The van der Waals surface area contributed by atoms with Gasteiger partial charge < -0.3 is 15.4 Å². The number of aromatic hydroxyl groups is 1. The SMILES string of the molecule is Nc1cc(-c2ccc(O)cc2C(F)(F)F)no1. The fourth-order valence-electron chi connectivity index (χ4n) is 1.41. The van der Waals surface area contributed by atoms with Gasteiger partial charge in [0.2, 0.25) is 5.88 Å². The van der Waals surface area contributed by atoms with Crippen molar-refractivity contribution in [2.75, 3.05) is 5.73 Å². The first-order chi connectivity index (χ1) is 7.88. The molecule has 0 spiro atoms. The maximum atomic E-state index is 12.7. The van der Waals surface area contributed by atoms with Crippen molar-refractivity contribution in [3.05, 3.63) is 29.8 Å². The number of benzene rings is 1. The van der Waals surface area contributed by atoms with Crippen molar-refractivity contribution >= 4 is 5.88 Å². The first kappa shape index (κ1) is 11.3. The molecule has 0 aliphatic rings. The summed E-state index contributed by atoms with van der Waals surface area (Å²) in [5, 5.41) is 12.5. The lowest BCUT2D eigenvalue weighted by molar-refractivity contribution is -0.137. The highest BCUT2D eigenvalue weighted by Gasteiger charge is 2.34. The molecule has 1 heterocycles. The molecule has 0 radical (unpaired) electrons. The Morgan fingerprint density at radius 1 is 1.24 bits per heavy atom. The Hall–Kier alpha value is -2.18. The van der Waals surface area contributed by atoms with Crippen molar-refractivity contribution in [1.82, 2.24) is 5.16 Å². The molecular formula is C10H7F3N2O2. The predicted molar refractivity (Wildman–Crippen MR) is 53.0 cm³/mol. The molecule has 0 unspecified atom stereocenters. The van der Waals surface area contributed by atoms with Gasteiger partial charge in [0.05, 0.1) is 5.56 Å². The number of halogens is 3. The quantitative estimate of drug-likeness (QED) is 0.808. The molecule has 0 saturated carbocycles. The van der Waals surface area contributed by atoms with Crippen LogP contribution in [0, 0.1) is 0 Å². The van der Waals surface area contributed by atoms with E-state index in [9.17, 15) is 13.2 Å². The van der Waals surface area contributed by atoms with E-state index in [4.69, 9.17) is 10.8 Å². The van der Waals surface area contributed by atoms with E-state index >= 15 is 0 Å². The molecule has 17 heavy (non-hydrogen) atoms. The van der Waals surface area contributed by atoms with Crippen LogP contribution in [0.5, 0.6) is 5.75 Å². The lowest BCUT2D eigenvalue weighted by Gasteiger charge is -2.11. The molecule has 1 aromatic heterocycles. The summed E-state index contributed by atoms with van der Waals surface area (Å²) in [5.74, 6) is -0.557. The molecule has 7 heteroatoms. The number of alkyl halides is 3. The molecule has 90 valence electrons. The number of anilines is 1. The van der Waals surface area contributed by atoms with Crippen molar-refractivity contribution in [3.63, 3.8) is 0 Å². The fraction of sp³-hybridized carbons (Fsp3) is 0.100. The minimum absolute atomic E-state index is 0.0326. The maximum absolute atomic E-state index is 12.7. The third-order valence-electron chi connectivity index (χ3n) is 2.11. The largest absolute Gasteiger partial charge is 0.508 e. The average Bonchev–Trinajstić information content (AvgIpc) is 2.63. The number of nitrogens with zero attached hydrogens (tertiary/aromatic N) is 1. The van der Waals surface area contributed by atoms with E-state index < -0.39 is 17.5 Å². The standard InChI is InChI=1S/C10H7F3N2O2/c11-10(12,13)7-3-5(16)1-2-6(7)8-4-9(14)17-15-8/h1-4,16H,14H2. The lowest BCUT2D eigenvalue weighted by Crippen LogP contribution is -2.07. The van der Waals surface area contributed by atoms with Gasteiger partial charge in [0.15, 0.2) is 0 Å². The molecule has 0 atom stereocenters. The van der Waals surface area contributed by atoms with E-state index in [0.717, 1.165) is 12.1 Å². The number of aromatic nitrogens is 1. The number of hydrogen-bond acceptors (Lipinski definition) is 4. The van der Waals surface area contributed by atoms with E-state index in [0.29, 0.717) is 6.07 Å². The zero-order chi connectivity index (χ0) is 12.6. The van der Waals surface area contributed by atoms with E-state index in [-0.39, 0.29) is 17.1 Å². The van der Waals surface area contributed by atoms with E-state index in [1.807, 2.05) is 0 Å². The Kier molecular flexibility index (Phi) is 2.45. The third-order valence-corrected chi connectivity index (χ3v) is 2.11. The van der Waals surface area contributed by atoms with Gasteiger partial charge in [-0.1, -0.05) is 5.16 Å². The fourth-order valence-corrected chi connectivity index (χ4v) is 1.41. The van der Waals surface area contributed by atoms with Crippen LogP contribution in [0.25, 0.3) is 11.3 Å². The molecule has 2 aromatic rings. The van der Waals surface area contributed by atoms with Gasteiger partial charge in [0.1, 0.15) is 11.4 Å². The van der Waals surface area contributed by atoms with Crippen molar-refractivity contribution in [2.45, 2.75) is 6.18 Å². The topological polar surface area (TPSA) is 72.3 Å². The molecule has 0 aliphatic heterocycles. The number of rotatable bonds is 1. The Bertz CT molecular complexity index is 549. The van der Waals surface area contributed by atoms with Gasteiger partial charge in [-0.25, -0.2) is 0 Å². The van der Waals surface area contributed by atoms with Crippen LogP contribution in [-0.4, -0.2) is 10.3 Å². The maximum Gasteiger partial charge on any atom is 0.417 e. The minimum atomic E-state index is -4.60. The molecule has 0 fully saturated rings. The molecule has 3 N–H and O–H groups in total. The monoisotopic (exact) mass is 244 g/mol. The van der Waals surface area contributed by atoms with Crippen LogP contribution < -0.4 is 5.73 Å². The molecule has 4 nitrogen and oxygen atoms in total. The molecule has 0 aliphatic carbocycles. The van der Waals surface area contributed by atoms with Crippen molar-refractivity contribution in [2.24, 2.45) is 0 Å². The van der Waals surface area contributed by atoms with Gasteiger partial charge in [-0.05, 0) is 18.2 Å². The Morgan fingerprint density at radius 2 is 1.94 bits per heavy atom. The van der Waals surface area contributed by atoms with Crippen molar-refractivity contribution < 1.29 is 22.8 Å². The minimum Gasteiger partial charge on any atom is -0.508 e. The number of nitrogen functional groups attached to an aromatic ring is 1. The van der Waals surface area contributed by atoms with Crippen LogP contribution >= 0.6 is 0 Å². The van der Waals surface area contributed by atoms with E-state index in [2.05, 4.69) is 9.68 Å². The molecule has 0 saturated heterocycles. The van der Waals surface area contributed by atoms with E-state index in [1.54, 1.807) is 0 Å². The summed E-state index contributed by atoms with van der Waals surface area (Å²) in [4.78, 5) is 0. The zero-order valence-corrected chi connectivity index (χ0v) is 8.32. The van der Waals surface area contributed by atoms with Gasteiger partial charge in [-0.2, -0.15) is 13.2 Å². The summed E-state index contributed by atoms with van der Waals surface area (Å²) in [6.45, 7) is 0. The smallest absolute Gasteiger partial charge is 0.417 e. The zero-order valence-electron chi connectivity index (χ0n) is 8.32. The van der Waals surface area contributed by atoms with Gasteiger partial charge in [0.25, 0.3) is 0 Å². The van der Waals surface area contributed by atoms with Gasteiger partial charge in [-0.15, -0.1) is 0 Å². The van der Waals surface area contributed by atoms with Crippen LogP contribution in [0.1, 0.15) is 5.56 Å². The summed E-state index contributed by atoms with van der Waals surface area (Å²) >= 11 is 0. The number of phenols is 1. The summed E-state index contributed by atoms with van der Waals surface area (Å²) in [6, 6.07) is 4.05. The molecule has 0 bridgehead atoms. The molecular weight excluding hydrogens is 237 g/mol. The lowest BCUT2D eigenvalue weighted by atomic mass is 10.0. The first-order valence-corrected chi connectivity index (χ1v) is 4.50. The molecule has 2 rings (SSSR count). The highest BCUT2D eigenvalue weighted by Crippen LogP contribution is 2.38. The van der Waals surface area contributed by atoms with Crippen LogP contribution in [0.4, 0.5) is 19.1 Å². The van der Waals surface area contributed by atoms with E-state index in [1.165, 1.54) is 6.07 Å². The van der Waals surface area contributed by atoms with Crippen LogP contribution in [0.15, 0.2) is 28.8 Å².